The number of benzene rings is 1. The van der Waals surface area contributed by atoms with Crippen LogP contribution in [0.15, 0.2) is 43.0 Å². The SMILES string of the molecule is CC(C)OC1(c2ccccc2)OCCCCC1n1cncn1. The molecule has 1 saturated heterocycles. The fraction of sp³-hybridized carbons (Fsp3) is 0.529. The van der Waals surface area contributed by atoms with E-state index in [0.29, 0.717) is 6.61 Å². The first kappa shape index (κ1) is 15.2. The van der Waals surface area contributed by atoms with E-state index in [0.717, 1.165) is 24.8 Å². The summed E-state index contributed by atoms with van der Waals surface area (Å²) in [5.41, 5.74) is 1.03. The highest BCUT2D eigenvalue weighted by Gasteiger charge is 2.46. The molecule has 118 valence electrons. The average molecular weight is 301 g/mol. The molecule has 0 radical (unpaired) electrons. The van der Waals surface area contributed by atoms with E-state index < -0.39 is 5.79 Å². The molecule has 2 aromatic rings. The van der Waals surface area contributed by atoms with E-state index in [2.05, 4.69) is 22.2 Å². The van der Waals surface area contributed by atoms with Crippen molar-refractivity contribution in [3.05, 3.63) is 48.5 Å². The van der Waals surface area contributed by atoms with Crippen molar-refractivity contribution in [1.82, 2.24) is 14.8 Å². The molecule has 0 saturated carbocycles. The van der Waals surface area contributed by atoms with Crippen molar-refractivity contribution in [2.45, 2.75) is 51.0 Å². The predicted octanol–water partition coefficient (Wildman–Crippen LogP) is 3.30. The summed E-state index contributed by atoms with van der Waals surface area (Å²) in [7, 11) is 0. The molecule has 1 aliphatic heterocycles. The molecule has 2 unspecified atom stereocenters. The molecule has 0 bridgehead atoms. The third-order valence-corrected chi connectivity index (χ3v) is 3.97. The van der Waals surface area contributed by atoms with Crippen LogP contribution in [0.3, 0.4) is 0 Å². The summed E-state index contributed by atoms with van der Waals surface area (Å²) in [6.45, 7) is 4.77. The van der Waals surface area contributed by atoms with E-state index in [1.54, 1.807) is 12.7 Å². The van der Waals surface area contributed by atoms with Gasteiger partial charge in [-0.05, 0) is 33.1 Å². The zero-order valence-corrected chi connectivity index (χ0v) is 13.2. The Hall–Kier alpha value is -1.72. The zero-order chi connectivity index (χ0) is 15.4. The van der Waals surface area contributed by atoms with Crippen LogP contribution in [0.4, 0.5) is 0 Å². The van der Waals surface area contributed by atoms with Crippen molar-refractivity contribution in [2.24, 2.45) is 0 Å². The van der Waals surface area contributed by atoms with Gasteiger partial charge in [-0.3, -0.25) is 0 Å². The lowest BCUT2D eigenvalue weighted by Crippen LogP contribution is -2.43. The first-order chi connectivity index (χ1) is 10.7. The summed E-state index contributed by atoms with van der Waals surface area (Å²) >= 11 is 0. The van der Waals surface area contributed by atoms with E-state index in [9.17, 15) is 0 Å². The number of hydrogen-bond donors (Lipinski definition) is 0. The minimum absolute atomic E-state index is 0.0256. The number of ether oxygens (including phenoxy) is 2. The van der Waals surface area contributed by atoms with Crippen molar-refractivity contribution < 1.29 is 9.47 Å². The maximum absolute atomic E-state index is 6.37. The van der Waals surface area contributed by atoms with Gasteiger partial charge in [-0.25, -0.2) is 9.67 Å². The molecule has 5 nitrogen and oxygen atoms in total. The lowest BCUT2D eigenvalue weighted by atomic mass is 9.94. The molecule has 0 N–H and O–H groups in total. The van der Waals surface area contributed by atoms with Gasteiger partial charge in [-0.15, -0.1) is 0 Å². The van der Waals surface area contributed by atoms with E-state index in [-0.39, 0.29) is 12.1 Å². The second kappa shape index (κ2) is 6.58. The maximum atomic E-state index is 6.37. The smallest absolute Gasteiger partial charge is 0.218 e. The monoisotopic (exact) mass is 301 g/mol. The molecule has 2 atom stereocenters. The number of rotatable bonds is 4. The molecule has 0 spiro atoms. The van der Waals surface area contributed by atoms with Gasteiger partial charge in [0.2, 0.25) is 5.79 Å². The normalized spacial score (nSPS) is 26.0. The summed E-state index contributed by atoms with van der Waals surface area (Å²) in [5, 5.41) is 4.36. The minimum Gasteiger partial charge on any atom is -0.344 e. The molecule has 1 aromatic heterocycles. The highest BCUT2D eigenvalue weighted by Crippen LogP contribution is 2.43. The van der Waals surface area contributed by atoms with Crippen molar-refractivity contribution in [2.75, 3.05) is 6.61 Å². The topological polar surface area (TPSA) is 49.2 Å². The van der Waals surface area contributed by atoms with E-state index in [4.69, 9.17) is 9.47 Å². The quantitative estimate of drug-likeness (QED) is 0.869. The van der Waals surface area contributed by atoms with E-state index in [1.165, 1.54) is 0 Å². The van der Waals surface area contributed by atoms with Crippen molar-refractivity contribution >= 4 is 0 Å². The zero-order valence-electron chi connectivity index (χ0n) is 13.2. The summed E-state index contributed by atoms with van der Waals surface area (Å²) in [5.74, 6) is -0.820. The van der Waals surface area contributed by atoms with Crippen molar-refractivity contribution in [1.29, 1.82) is 0 Å². The molecule has 1 aliphatic rings. The average Bonchev–Trinajstić information content (AvgIpc) is 2.96. The molecular formula is C17H23N3O2. The molecule has 5 heteroatoms. The van der Waals surface area contributed by atoms with Crippen LogP contribution in [-0.4, -0.2) is 27.5 Å². The second-order valence-corrected chi connectivity index (χ2v) is 5.94. The fourth-order valence-electron chi connectivity index (χ4n) is 3.11. The summed E-state index contributed by atoms with van der Waals surface area (Å²) in [6.07, 6.45) is 6.42. The fourth-order valence-corrected chi connectivity index (χ4v) is 3.11. The first-order valence-electron chi connectivity index (χ1n) is 7.94. The Morgan fingerprint density at radius 2 is 2.09 bits per heavy atom. The minimum atomic E-state index is -0.820. The van der Waals surface area contributed by atoms with Crippen LogP contribution in [0, 0.1) is 0 Å². The van der Waals surface area contributed by atoms with Crippen LogP contribution in [0.2, 0.25) is 0 Å². The number of aromatic nitrogens is 3. The van der Waals surface area contributed by atoms with Gasteiger partial charge >= 0.3 is 0 Å². The summed E-state index contributed by atoms with van der Waals surface area (Å²) < 4.78 is 14.6. The Morgan fingerprint density at radius 1 is 1.27 bits per heavy atom. The maximum Gasteiger partial charge on any atom is 0.218 e. The second-order valence-electron chi connectivity index (χ2n) is 5.94. The van der Waals surface area contributed by atoms with Gasteiger partial charge in [0.15, 0.2) is 0 Å². The van der Waals surface area contributed by atoms with Crippen molar-refractivity contribution in [3.63, 3.8) is 0 Å². The van der Waals surface area contributed by atoms with Gasteiger partial charge in [0.25, 0.3) is 0 Å². The summed E-state index contributed by atoms with van der Waals surface area (Å²) in [6, 6.07) is 10.2. The van der Waals surface area contributed by atoms with Gasteiger partial charge in [-0.1, -0.05) is 30.3 Å². The largest absolute Gasteiger partial charge is 0.344 e. The third-order valence-electron chi connectivity index (χ3n) is 3.97. The predicted molar refractivity (Wildman–Crippen MR) is 83.2 cm³/mol. The van der Waals surface area contributed by atoms with Crippen LogP contribution in [0.25, 0.3) is 0 Å². The van der Waals surface area contributed by atoms with Gasteiger partial charge < -0.3 is 9.47 Å². The Labute approximate surface area is 131 Å². The van der Waals surface area contributed by atoms with Gasteiger partial charge in [0.1, 0.15) is 18.7 Å². The molecule has 22 heavy (non-hydrogen) atoms. The Bertz CT molecular complexity index is 571. The van der Waals surface area contributed by atoms with Crippen LogP contribution in [0.1, 0.15) is 44.7 Å². The molecule has 1 aromatic carbocycles. The standard InChI is InChI=1S/C17H23N3O2/c1-14(2)22-17(15-8-4-3-5-9-15)16(10-6-7-11-21-17)20-13-18-12-19-20/h3-5,8-9,12-14,16H,6-7,10-11H2,1-2H3. The highest BCUT2D eigenvalue weighted by molar-refractivity contribution is 5.22. The van der Waals surface area contributed by atoms with Crippen LogP contribution in [0.5, 0.6) is 0 Å². The molecule has 3 rings (SSSR count). The highest BCUT2D eigenvalue weighted by atomic mass is 16.7. The van der Waals surface area contributed by atoms with Crippen LogP contribution >= 0.6 is 0 Å². The van der Waals surface area contributed by atoms with E-state index >= 15 is 0 Å². The Morgan fingerprint density at radius 3 is 2.77 bits per heavy atom. The molecule has 1 fully saturated rings. The number of nitrogens with zero attached hydrogens (tertiary/aromatic N) is 3. The van der Waals surface area contributed by atoms with Crippen LogP contribution in [-0.2, 0) is 15.3 Å². The van der Waals surface area contributed by atoms with Gasteiger partial charge in [0, 0.05) is 5.56 Å². The third kappa shape index (κ3) is 2.91. The van der Waals surface area contributed by atoms with E-state index in [1.807, 2.05) is 36.7 Å². The Balaban J connectivity index is 2.10. The van der Waals surface area contributed by atoms with Gasteiger partial charge in [0.05, 0.1) is 12.7 Å². The summed E-state index contributed by atoms with van der Waals surface area (Å²) in [4.78, 5) is 4.11. The van der Waals surface area contributed by atoms with Crippen LogP contribution < -0.4 is 0 Å². The van der Waals surface area contributed by atoms with Gasteiger partial charge in [-0.2, -0.15) is 5.10 Å². The lowest BCUT2D eigenvalue weighted by molar-refractivity contribution is -0.285. The molecule has 0 aliphatic carbocycles. The molecule has 0 amide bonds. The number of hydrogen-bond acceptors (Lipinski definition) is 4. The Kier molecular flexibility index (Phi) is 4.55. The molecule has 2 heterocycles. The molecular weight excluding hydrogens is 278 g/mol. The van der Waals surface area contributed by atoms with Crippen molar-refractivity contribution in [3.8, 4) is 0 Å². The lowest BCUT2D eigenvalue weighted by Gasteiger charge is -2.40. The first-order valence-corrected chi connectivity index (χ1v) is 7.94.